The molecule has 1 N–H and O–H groups in total. The molecule has 1 saturated carbocycles. The van der Waals surface area contributed by atoms with Crippen LogP contribution in [0.25, 0.3) is 10.2 Å². The summed E-state index contributed by atoms with van der Waals surface area (Å²) in [6, 6.07) is 12.3. The summed E-state index contributed by atoms with van der Waals surface area (Å²) in [4.78, 5) is 30.4. The second kappa shape index (κ2) is 8.07. The second-order valence-electron chi connectivity index (χ2n) is 9.77. The van der Waals surface area contributed by atoms with Crippen LogP contribution in [0.15, 0.2) is 41.8 Å². The Hall–Kier alpha value is -2.60. The van der Waals surface area contributed by atoms with Crippen molar-refractivity contribution in [3.63, 3.8) is 0 Å². The van der Waals surface area contributed by atoms with E-state index in [0.717, 1.165) is 41.6 Å². The first-order valence-corrected chi connectivity index (χ1v) is 12.6. The normalized spacial score (nSPS) is 21.9. The lowest BCUT2D eigenvalue weighted by Crippen LogP contribution is -2.65. The molecule has 5 rings (SSSR count). The molecule has 6 heteroatoms. The highest BCUT2D eigenvalue weighted by atomic mass is 32.1. The van der Waals surface area contributed by atoms with Crippen LogP contribution < -0.4 is 10.2 Å². The van der Waals surface area contributed by atoms with E-state index in [0.29, 0.717) is 18.2 Å². The lowest BCUT2D eigenvalue weighted by Gasteiger charge is -2.44. The fraction of sp³-hybridized carbons (Fsp3) is 0.462. The number of hydrogen-bond donors (Lipinski definition) is 1. The summed E-state index contributed by atoms with van der Waals surface area (Å²) in [6.07, 6.45) is 5.57. The van der Waals surface area contributed by atoms with Crippen molar-refractivity contribution in [1.29, 1.82) is 0 Å². The summed E-state index contributed by atoms with van der Waals surface area (Å²) in [5.74, 6) is 0.235. The average molecular weight is 450 g/mol. The van der Waals surface area contributed by atoms with Crippen molar-refractivity contribution in [3.8, 4) is 0 Å². The number of amides is 2. The van der Waals surface area contributed by atoms with Crippen LogP contribution >= 0.6 is 11.3 Å². The minimum absolute atomic E-state index is 0.0604. The van der Waals surface area contributed by atoms with Gasteiger partial charge in [-0.3, -0.25) is 14.5 Å². The fourth-order valence-electron chi connectivity index (χ4n) is 5.20. The minimum Gasteiger partial charge on any atom is -0.351 e. The smallest absolute Gasteiger partial charge is 0.275 e. The van der Waals surface area contributed by atoms with Gasteiger partial charge in [-0.15, -0.1) is 11.3 Å². The zero-order valence-electron chi connectivity index (χ0n) is 19.1. The summed E-state index contributed by atoms with van der Waals surface area (Å²) in [5, 5.41) is 6.40. The molecule has 0 spiro atoms. The molecule has 2 amide bonds. The Labute approximate surface area is 193 Å². The highest BCUT2D eigenvalue weighted by molar-refractivity contribution is 7.16. The molecular formula is C26H31N3O2S. The molecule has 3 aromatic rings. The molecule has 1 atom stereocenters. The summed E-state index contributed by atoms with van der Waals surface area (Å²) >= 11 is 1.62. The quantitative estimate of drug-likeness (QED) is 0.556. The van der Waals surface area contributed by atoms with Gasteiger partial charge in [-0.2, -0.15) is 0 Å². The van der Waals surface area contributed by atoms with Gasteiger partial charge in [0.05, 0.1) is 6.54 Å². The van der Waals surface area contributed by atoms with E-state index in [1.54, 1.807) is 16.2 Å². The summed E-state index contributed by atoms with van der Waals surface area (Å²) in [7, 11) is 0. The van der Waals surface area contributed by atoms with E-state index >= 15 is 0 Å². The van der Waals surface area contributed by atoms with Gasteiger partial charge in [0.2, 0.25) is 5.91 Å². The Morgan fingerprint density at radius 1 is 1.12 bits per heavy atom. The molecule has 0 radical (unpaired) electrons. The van der Waals surface area contributed by atoms with Crippen molar-refractivity contribution in [2.24, 2.45) is 0 Å². The average Bonchev–Trinajstić information content (AvgIpc) is 3.37. The first-order chi connectivity index (χ1) is 15.4. The highest BCUT2D eigenvalue weighted by Crippen LogP contribution is 2.38. The fourth-order valence-corrected chi connectivity index (χ4v) is 6.09. The number of benzene rings is 1. The molecule has 168 valence electrons. The third-order valence-electron chi connectivity index (χ3n) is 7.13. The van der Waals surface area contributed by atoms with Crippen LogP contribution in [-0.4, -0.2) is 28.0 Å². The molecule has 5 nitrogen and oxygen atoms in total. The number of carbonyl (C=O) groups excluding carboxylic acids is 2. The molecule has 1 aliphatic carbocycles. The zero-order valence-corrected chi connectivity index (χ0v) is 19.9. The molecule has 32 heavy (non-hydrogen) atoms. The van der Waals surface area contributed by atoms with Gasteiger partial charge in [-0.05, 0) is 60.9 Å². The first-order valence-electron chi connectivity index (χ1n) is 11.7. The maximum Gasteiger partial charge on any atom is 0.275 e. The first kappa shape index (κ1) is 21.3. The van der Waals surface area contributed by atoms with Crippen molar-refractivity contribution in [3.05, 3.63) is 53.0 Å². The Balaban J connectivity index is 1.57. The third kappa shape index (κ3) is 3.45. The maximum absolute atomic E-state index is 13.8. The van der Waals surface area contributed by atoms with Crippen molar-refractivity contribution in [2.45, 2.75) is 76.9 Å². The molecule has 2 aliphatic rings. The van der Waals surface area contributed by atoms with E-state index in [4.69, 9.17) is 0 Å². The topological polar surface area (TPSA) is 54.3 Å². The van der Waals surface area contributed by atoms with Gasteiger partial charge in [0.1, 0.15) is 16.1 Å². The van der Waals surface area contributed by atoms with Crippen molar-refractivity contribution >= 4 is 39.1 Å². The summed E-state index contributed by atoms with van der Waals surface area (Å²) in [6.45, 7) is 6.68. The standard InChI is InChI=1S/C26H31N3O2S/c1-17(2)18-9-11-21(12-10-18)29-23(30)22-15-19-13-14-32-24(19)28(22)16-26(29,3)25(31)27-20-7-5-4-6-8-20/h9-15,17,20H,4-8,16H2,1-3H3,(H,27,31)/t26-/m0/s1. The van der Waals surface area contributed by atoms with E-state index < -0.39 is 5.54 Å². The number of nitrogens with zero attached hydrogens (tertiary/aromatic N) is 2. The Bertz CT molecular complexity index is 1150. The molecule has 0 unspecified atom stereocenters. The molecule has 0 saturated heterocycles. The van der Waals surface area contributed by atoms with Gasteiger partial charge < -0.3 is 9.88 Å². The van der Waals surface area contributed by atoms with Gasteiger partial charge in [0.15, 0.2) is 0 Å². The van der Waals surface area contributed by atoms with Crippen LogP contribution in [0.4, 0.5) is 5.69 Å². The molecule has 0 bridgehead atoms. The highest BCUT2D eigenvalue weighted by Gasteiger charge is 2.49. The second-order valence-corrected chi connectivity index (χ2v) is 10.7. The Kier molecular flexibility index (Phi) is 5.36. The Morgan fingerprint density at radius 2 is 1.84 bits per heavy atom. The van der Waals surface area contributed by atoms with Crippen LogP contribution in [0, 0.1) is 0 Å². The molecule has 2 aromatic heterocycles. The van der Waals surface area contributed by atoms with Crippen LogP contribution in [0.5, 0.6) is 0 Å². The maximum atomic E-state index is 13.8. The summed E-state index contributed by atoms with van der Waals surface area (Å²) < 4.78 is 2.04. The third-order valence-corrected chi connectivity index (χ3v) is 8.08. The number of aromatic nitrogens is 1. The molecule has 1 aromatic carbocycles. The predicted molar refractivity (Wildman–Crippen MR) is 131 cm³/mol. The van der Waals surface area contributed by atoms with Gasteiger partial charge in [0.25, 0.3) is 5.91 Å². The van der Waals surface area contributed by atoms with Gasteiger partial charge in [-0.25, -0.2) is 0 Å². The minimum atomic E-state index is -1.00. The lowest BCUT2D eigenvalue weighted by atomic mass is 9.90. The number of anilines is 1. The van der Waals surface area contributed by atoms with E-state index in [1.165, 1.54) is 12.0 Å². The number of carbonyl (C=O) groups is 2. The van der Waals surface area contributed by atoms with Gasteiger partial charge in [-0.1, -0.05) is 45.2 Å². The largest absolute Gasteiger partial charge is 0.351 e. The van der Waals surface area contributed by atoms with Crippen molar-refractivity contribution in [2.75, 3.05) is 4.90 Å². The van der Waals surface area contributed by atoms with Crippen LogP contribution in [-0.2, 0) is 11.3 Å². The number of rotatable bonds is 4. The van der Waals surface area contributed by atoms with E-state index in [1.807, 2.05) is 41.1 Å². The monoisotopic (exact) mass is 449 g/mol. The number of thiophene rings is 1. The number of nitrogens with one attached hydrogen (secondary N) is 1. The van der Waals surface area contributed by atoms with Crippen LogP contribution in [0.2, 0.25) is 0 Å². The Morgan fingerprint density at radius 3 is 2.53 bits per heavy atom. The van der Waals surface area contributed by atoms with Crippen molar-refractivity contribution < 1.29 is 9.59 Å². The van der Waals surface area contributed by atoms with Crippen molar-refractivity contribution in [1.82, 2.24) is 9.88 Å². The summed E-state index contributed by atoms with van der Waals surface area (Å²) in [5.41, 5.74) is 1.64. The lowest BCUT2D eigenvalue weighted by molar-refractivity contribution is -0.127. The zero-order chi connectivity index (χ0) is 22.5. The molecular weight excluding hydrogens is 418 g/mol. The molecule has 1 aliphatic heterocycles. The van der Waals surface area contributed by atoms with Gasteiger partial charge >= 0.3 is 0 Å². The van der Waals surface area contributed by atoms with E-state index in [2.05, 4.69) is 31.3 Å². The number of fused-ring (bicyclic) bond motifs is 3. The van der Waals surface area contributed by atoms with E-state index in [9.17, 15) is 9.59 Å². The SMILES string of the molecule is CC(C)c1ccc(N2C(=O)c3cc4ccsc4n3C[C@@]2(C)C(=O)NC2CCCCC2)cc1. The number of hydrogen-bond acceptors (Lipinski definition) is 3. The van der Waals surface area contributed by atoms with Crippen LogP contribution in [0.3, 0.4) is 0 Å². The predicted octanol–water partition coefficient (Wildman–Crippen LogP) is 5.69. The molecule has 3 heterocycles. The van der Waals surface area contributed by atoms with E-state index in [-0.39, 0.29) is 17.9 Å². The molecule has 1 fully saturated rings. The van der Waals surface area contributed by atoms with Crippen LogP contribution in [0.1, 0.15) is 74.8 Å². The van der Waals surface area contributed by atoms with Gasteiger partial charge in [0, 0.05) is 17.1 Å².